The van der Waals surface area contributed by atoms with Crippen molar-refractivity contribution in [3.8, 4) is 0 Å². The van der Waals surface area contributed by atoms with Gasteiger partial charge in [0.1, 0.15) is 0 Å². The first-order valence-electron chi connectivity index (χ1n) is 7.50. The third-order valence-electron chi connectivity index (χ3n) is 3.90. The van der Waals surface area contributed by atoms with Crippen LogP contribution in [-0.2, 0) is 10.0 Å². The number of nitrogens with one attached hydrogen (secondary N) is 2. The molecule has 0 saturated heterocycles. The molecule has 2 atom stereocenters. The molecule has 2 N–H and O–H groups in total. The molecule has 0 radical (unpaired) electrons. The number of alkyl halides is 3. The van der Waals surface area contributed by atoms with Crippen LogP contribution in [0.1, 0.15) is 36.0 Å². The number of rotatable bonds is 4. The van der Waals surface area contributed by atoms with E-state index in [1.807, 2.05) is 0 Å². The lowest BCUT2D eigenvalue weighted by atomic mass is 9.85. The van der Waals surface area contributed by atoms with Gasteiger partial charge < -0.3 is 5.32 Å². The van der Waals surface area contributed by atoms with Gasteiger partial charge >= 0.3 is 6.18 Å². The number of carbonyl (C=O) groups excluding carboxylic acids is 1. The summed E-state index contributed by atoms with van der Waals surface area (Å²) in [5.74, 6) is -1.91. The average Bonchev–Trinajstić information content (AvgIpc) is 2.45. The molecule has 0 heterocycles. The van der Waals surface area contributed by atoms with Gasteiger partial charge in [-0.3, -0.25) is 9.52 Å². The number of amides is 1. The second-order valence-electron chi connectivity index (χ2n) is 6.03. The van der Waals surface area contributed by atoms with Crippen LogP contribution in [0, 0.1) is 5.92 Å². The number of carbonyl (C=O) groups is 1. The molecule has 1 aromatic rings. The minimum Gasteiger partial charge on any atom is -0.349 e. The first-order valence-corrected chi connectivity index (χ1v) is 9.39. The molecule has 1 amide bonds. The fourth-order valence-electron chi connectivity index (χ4n) is 2.82. The predicted molar refractivity (Wildman–Crippen MR) is 84.2 cm³/mol. The zero-order valence-corrected chi connectivity index (χ0v) is 13.9. The van der Waals surface area contributed by atoms with Crippen molar-refractivity contribution in [2.75, 3.05) is 11.0 Å². The van der Waals surface area contributed by atoms with Crippen LogP contribution >= 0.6 is 0 Å². The second kappa shape index (κ2) is 7.00. The van der Waals surface area contributed by atoms with E-state index in [9.17, 15) is 26.4 Å². The molecule has 1 aromatic carbocycles. The largest absolute Gasteiger partial charge is 0.391 e. The first kappa shape index (κ1) is 18.6. The molecule has 24 heavy (non-hydrogen) atoms. The summed E-state index contributed by atoms with van der Waals surface area (Å²) in [6.07, 6.45) is -2.40. The Morgan fingerprint density at radius 1 is 1.25 bits per heavy atom. The Balaban J connectivity index is 2.03. The van der Waals surface area contributed by atoms with Gasteiger partial charge in [0.05, 0.1) is 12.2 Å². The van der Waals surface area contributed by atoms with E-state index in [1.54, 1.807) is 0 Å². The fraction of sp³-hybridized carbons (Fsp3) is 0.533. The van der Waals surface area contributed by atoms with E-state index in [4.69, 9.17) is 0 Å². The van der Waals surface area contributed by atoms with Gasteiger partial charge in [-0.15, -0.1) is 0 Å². The van der Waals surface area contributed by atoms with Crippen LogP contribution in [0.15, 0.2) is 24.3 Å². The Bertz CT molecular complexity index is 704. The summed E-state index contributed by atoms with van der Waals surface area (Å²) in [6, 6.07) is 5.28. The van der Waals surface area contributed by atoms with E-state index in [0.717, 1.165) is 6.26 Å². The number of benzene rings is 1. The summed E-state index contributed by atoms with van der Waals surface area (Å²) in [5.41, 5.74) is 0.416. The summed E-state index contributed by atoms with van der Waals surface area (Å²) in [7, 11) is -3.48. The summed E-state index contributed by atoms with van der Waals surface area (Å²) >= 11 is 0. The molecular formula is C15H19F3N2O3S. The summed E-state index contributed by atoms with van der Waals surface area (Å²) in [5, 5.41) is 2.61. The highest BCUT2D eigenvalue weighted by atomic mass is 32.2. The lowest BCUT2D eigenvalue weighted by molar-refractivity contribution is -0.183. The molecule has 5 nitrogen and oxygen atoms in total. The van der Waals surface area contributed by atoms with Crippen molar-refractivity contribution in [3.05, 3.63) is 29.8 Å². The molecule has 0 aliphatic heterocycles. The Kier molecular flexibility index (Phi) is 5.42. The number of halogens is 3. The molecule has 0 aromatic heterocycles. The van der Waals surface area contributed by atoms with Crippen molar-refractivity contribution in [2.24, 2.45) is 5.92 Å². The highest BCUT2D eigenvalue weighted by molar-refractivity contribution is 7.92. The van der Waals surface area contributed by atoms with Gasteiger partial charge in [0, 0.05) is 17.3 Å². The highest BCUT2D eigenvalue weighted by Crippen LogP contribution is 2.37. The monoisotopic (exact) mass is 364 g/mol. The van der Waals surface area contributed by atoms with Crippen molar-refractivity contribution in [1.29, 1.82) is 0 Å². The lowest BCUT2D eigenvalue weighted by Crippen LogP contribution is -2.41. The molecule has 1 saturated carbocycles. The smallest absolute Gasteiger partial charge is 0.349 e. The van der Waals surface area contributed by atoms with Gasteiger partial charge in [-0.25, -0.2) is 8.42 Å². The van der Waals surface area contributed by atoms with Gasteiger partial charge in [0.15, 0.2) is 0 Å². The minimum atomic E-state index is -4.25. The lowest BCUT2D eigenvalue weighted by Gasteiger charge is -2.31. The molecule has 1 aliphatic carbocycles. The number of sulfonamides is 1. The number of hydrogen-bond acceptors (Lipinski definition) is 3. The van der Waals surface area contributed by atoms with Crippen LogP contribution in [-0.4, -0.2) is 32.8 Å². The van der Waals surface area contributed by atoms with E-state index in [-0.39, 0.29) is 24.1 Å². The third-order valence-corrected chi connectivity index (χ3v) is 4.51. The molecule has 1 fully saturated rings. The zero-order chi connectivity index (χ0) is 18.0. The number of anilines is 1. The van der Waals surface area contributed by atoms with E-state index in [1.165, 1.54) is 24.3 Å². The van der Waals surface area contributed by atoms with Gasteiger partial charge in [-0.1, -0.05) is 12.5 Å². The van der Waals surface area contributed by atoms with E-state index in [2.05, 4.69) is 10.0 Å². The molecule has 9 heteroatoms. The van der Waals surface area contributed by atoms with Crippen LogP contribution in [0.4, 0.5) is 18.9 Å². The van der Waals surface area contributed by atoms with Crippen LogP contribution in [0.25, 0.3) is 0 Å². The van der Waals surface area contributed by atoms with Crippen molar-refractivity contribution < 1.29 is 26.4 Å². The zero-order valence-electron chi connectivity index (χ0n) is 13.1. The normalized spacial score (nSPS) is 22.0. The van der Waals surface area contributed by atoms with Crippen LogP contribution in [0.5, 0.6) is 0 Å². The SMILES string of the molecule is CS(=O)(=O)Nc1cccc(C(=O)N[C@@H]2CCC[C@@H](C(F)(F)F)C2)c1. The van der Waals surface area contributed by atoms with Crippen molar-refractivity contribution in [2.45, 2.75) is 37.9 Å². The first-order chi connectivity index (χ1) is 11.0. The average molecular weight is 364 g/mol. The van der Waals surface area contributed by atoms with E-state index >= 15 is 0 Å². The fourth-order valence-corrected chi connectivity index (χ4v) is 3.38. The molecular weight excluding hydrogens is 345 g/mol. The maximum absolute atomic E-state index is 12.8. The second-order valence-corrected chi connectivity index (χ2v) is 7.78. The number of hydrogen-bond donors (Lipinski definition) is 2. The quantitative estimate of drug-likeness (QED) is 0.863. The van der Waals surface area contributed by atoms with Crippen LogP contribution < -0.4 is 10.0 Å². The van der Waals surface area contributed by atoms with Crippen molar-refractivity contribution >= 4 is 21.6 Å². The Morgan fingerprint density at radius 2 is 1.96 bits per heavy atom. The van der Waals surface area contributed by atoms with E-state index in [0.29, 0.717) is 12.8 Å². The van der Waals surface area contributed by atoms with Gasteiger partial charge in [-0.2, -0.15) is 13.2 Å². The molecule has 0 bridgehead atoms. The third kappa shape index (κ3) is 5.40. The molecule has 134 valence electrons. The maximum Gasteiger partial charge on any atom is 0.391 e. The molecule has 0 unspecified atom stereocenters. The summed E-state index contributed by atoms with van der Waals surface area (Å²) < 4.78 is 63.1. The van der Waals surface area contributed by atoms with Gasteiger partial charge in [-0.05, 0) is 37.5 Å². The van der Waals surface area contributed by atoms with Crippen molar-refractivity contribution in [1.82, 2.24) is 5.32 Å². The Hall–Kier alpha value is -1.77. The molecule has 2 rings (SSSR count). The van der Waals surface area contributed by atoms with Gasteiger partial charge in [0.25, 0.3) is 5.91 Å². The van der Waals surface area contributed by atoms with Gasteiger partial charge in [0.2, 0.25) is 10.0 Å². The molecule has 1 aliphatic rings. The molecule has 0 spiro atoms. The Labute approximate surface area is 138 Å². The van der Waals surface area contributed by atoms with Crippen LogP contribution in [0.3, 0.4) is 0 Å². The van der Waals surface area contributed by atoms with E-state index < -0.39 is 34.1 Å². The predicted octanol–water partition coefficient (Wildman–Crippen LogP) is 2.91. The standard InChI is InChI=1S/C15H19F3N2O3S/c1-24(22,23)20-13-7-2-4-10(8-13)14(21)19-12-6-3-5-11(9-12)15(16,17)18/h2,4,7-8,11-12,20H,3,5-6,9H2,1H3,(H,19,21)/t11-,12-/m1/s1. The topological polar surface area (TPSA) is 75.3 Å². The summed E-state index contributed by atoms with van der Waals surface area (Å²) in [4.78, 5) is 12.2. The maximum atomic E-state index is 12.8. The Morgan fingerprint density at radius 3 is 2.58 bits per heavy atom. The highest BCUT2D eigenvalue weighted by Gasteiger charge is 2.42. The summed E-state index contributed by atoms with van der Waals surface area (Å²) in [6.45, 7) is 0. The van der Waals surface area contributed by atoms with Crippen molar-refractivity contribution in [3.63, 3.8) is 0 Å². The minimum absolute atomic E-state index is 0.0869. The van der Waals surface area contributed by atoms with Crippen LogP contribution in [0.2, 0.25) is 0 Å².